The summed E-state index contributed by atoms with van der Waals surface area (Å²) in [5.74, 6) is 0.368. The molecule has 1 aliphatic rings. The normalized spacial score (nSPS) is 14.2. The lowest BCUT2D eigenvalue weighted by Gasteiger charge is -2.07. The molecular weight excluding hydrogens is 326 g/mol. The molecule has 1 saturated carbocycles. The lowest BCUT2D eigenvalue weighted by atomic mass is 10.3. The molecule has 0 atom stereocenters. The molecule has 3 aromatic heterocycles. The van der Waals surface area contributed by atoms with Gasteiger partial charge in [0.05, 0.1) is 24.1 Å². The number of nitrogens with zero attached hydrogens (tertiary/aromatic N) is 4. The van der Waals surface area contributed by atoms with Gasteiger partial charge in [0, 0.05) is 42.8 Å². The SMILES string of the molecule is O=C(Cc1cn2ccsc2n1)NCCn1cnc(C2CC2)cc1=O. The summed E-state index contributed by atoms with van der Waals surface area (Å²) < 4.78 is 3.43. The number of amides is 1. The standard InChI is InChI=1S/C16H17N5O2S/c22-14(7-12-9-20-5-6-24-16(20)19-12)17-3-4-21-10-18-13(8-15(21)23)11-1-2-11/h5-6,8-11H,1-4,7H2,(H,17,22). The first-order valence-corrected chi connectivity index (χ1v) is 8.81. The summed E-state index contributed by atoms with van der Waals surface area (Å²) in [6.45, 7) is 0.812. The molecule has 0 radical (unpaired) electrons. The van der Waals surface area contributed by atoms with E-state index in [1.54, 1.807) is 12.4 Å². The molecule has 3 heterocycles. The number of nitrogens with one attached hydrogen (secondary N) is 1. The van der Waals surface area contributed by atoms with Crippen LogP contribution in [0, 0.1) is 0 Å². The molecule has 0 bridgehead atoms. The molecule has 0 aromatic carbocycles. The van der Waals surface area contributed by atoms with Crippen LogP contribution in [0.25, 0.3) is 4.96 Å². The zero-order valence-electron chi connectivity index (χ0n) is 13.0. The zero-order chi connectivity index (χ0) is 16.5. The van der Waals surface area contributed by atoms with Crippen LogP contribution in [-0.4, -0.2) is 31.4 Å². The van der Waals surface area contributed by atoms with Gasteiger partial charge in [0.1, 0.15) is 0 Å². The molecular formula is C16H17N5O2S. The average molecular weight is 343 g/mol. The van der Waals surface area contributed by atoms with Crippen LogP contribution in [0.2, 0.25) is 0 Å². The van der Waals surface area contributed by atoms with Crippen LogP contribution in [0.5, 0.6) is 0 Å². The molecule has 0 saturated heterocycles. The van der Waals surface area contributed by atoms with E-state index < -0.39 is 0 Å². The van der Waals surface area contributed by atoms with Crippen LogP contribution in [0.4, 0.5) is 0 Å². The minimum absolute atomic E-state index is 0.0597. The van der Waals surface area contributed by atoms with Gasteiger partial charge >= 0.3 is 0 Å². The Morgan fingerprint density at radius 2 is 2.29 bits per heavy atom. The maximum absolute atomic E-state index is 12.0. The summed E-state index contributed by atoms with van der Waals surface area (Å²) >= 11 is 1.53. The molecule has 1 aliphatic carbocycles. The maximum Gasteiger partial charge on any atom is 0.253 e. The van der Waals surface area contributed by atoms with E-state index in [1.165, 1.54) is 15.9 Å². The molecule has 1 fully saturated rings. The van der Waals surface area contributed by atoms with Gasteiger partial charge in [-0.25, -0.2) is 9.97 Å². The number of rotatable bonds is 6. The molecule has 124 valence electrons. The Kier molecular flexibility index (Phi) is 3.89. The Hall–Kier alpha value is -2.48. The van der Waals surface area contributed by atoms with Gasteiger partial charge in [-0.05, 0) is 12.8 Å². The smallest absolute Gasteiger partial charge is 0.253 e. The molecule has 0 aliphatic heterocycles. The van der Waals surface area contributed by atoms with Gasteiger partial charge in [-0.3, -0.25) is 18.6 Å². The molecule has 3 aromatic rings. The topological polar surface area (TPSA) is 81.3 Å². The van der Waals surface area contributed by atoms with E-state index in [-0.39, 0.29) is 17.9 Å². The fraction of sp³-hybridized carbons (Fsp3) is 0.375. The minimum atomic E-state index is -0.101. The van der Waals surface area contributed by atoms with E-state index in [9.17, 15) is 9.59 Å². The first-order valence-electron chi connectivity index (χ1n) is 7.93. The predicted molar refractivity (Wildman–Crippen MR) is 90.3 cm³/mol. The zero-order valence-corrected chi connectivity index (χ0v) is 13.8. The fourth-order valence-electron chi connectivity index (χ4n) is 2.61. The Balaban J connectivity index is 1.29. The molecule has 4 rings (SSSR count). The van der Waals surface area contributed by atoms with E-state index >= 15 is 0 Å². The van der Waals surface area contributed by atoms with Crippen molar-refractivity contribution in [3.8, 4) is 0 Å². The van der Waals surface area contributed by atoms with Crippen LogP contribution in [-0.2, 0) is 17.8 Å². The number of aromatic nitrogens is 4. The van der Waals surface area contributed by atoms with Crippen LogP contribution >= 0.6 is 11.3 Å². The van der Waals surface area contributed by atoms with E-state index in [0.29, 0.717) is 19.0 Å². The number of carbonyl (C=O) groups excluding carboxylic acids is 1. The molecule has 1 N–H and O–H groups in total. The maximum atomic E-state index is 12.0. The third kappa shape index (κ3) is 3.23. The van der Waals surface area contributed by atoms with Crippen LogP contribution in [0.3, 0.4) is 0 Å². The largest absolute Gasteiger partial charge is 0.354 e. The van der Waals surface area contributed by atoms with Crippen molar-refractivity contribution >= 4 is 22.2 Å². The lowest BCUT2D eigenvalue weighted by molar-refractivity contribution is -0.120. The monoisotopic (exact) mass is 343 g/mol. The van der Waals surface area contributed by atoms with E-state index in [2.05, 4.69) is 15.3 Å². The fourth-order valence-corrected chi connectivity index (χ4v) is 3.33. The highest BCUT2D eigenvalue weighted by atomic mass is 32.1. The van der Waals surface area contributed by atoms with Gasteiger partial charge < -0.3 is 5.32 Å². The number of hydrogen-bond donors (Lipinski definition) is 1. The van der Waals surface area contributed by atoms with Crippen LogP contribution in [0.1, 0.15) is 30.1 Å². The van der Waals surface area contributed by atoms with Crippen molar-refractivity contribution in [1.82, 2.24) is 24.3 Å². The average Bonchev–Trinajstić information content (AvgIpc) is 3.20. The molecule has 0 spiro atoms. The summed E-state index contributed by atoms with van der Waals surface area (Å²) in [5, 5.41) is 4.77. The highest BCUT2D eigenvalue weighted by Gasteiger charge is 2.25. The summed E-state index contributed by atoms with van der Waals surface area (Å²) in [6, 6.07) is 1.61. The summed E-state index contributed by atoms with van der Waals surface area (Å²) in [7, 11) is 0. The van der Waals surface area contributed by atoms with Gasteiger partial charge in [0.25, 0.3) is 5.56 Å². The predicted octanol–water partition coefficient (Wildman–Crippen LogP) is 1.19. The van der Waals surface area contributed by atoms with Crippen molar-refractivity contribution in [2.75, 3.05) is 6.54 Å². The van der Waals surface area contributed by atoms with Crippen molar-refractivity contribution in [1.29, 1.82) is 0 Å². The molecule has 8 heteroatoms. The van der Waals surface area contributed by atoms with E-state index in [0.717, 1.165) is 29.2 Å². The van der Waals surface area contributed by atoms with Gasteiger partial charge in [-0.1, -0.05) is 0 Å². The number of carbonyl (C=O) groups is 1. The number of hydrogen-bond acceptors (Lipinski definition) is 5. The van der Waals surface area contributed by atoms with Gasteiger partial charge in [0.2, 0.25) is 5.91 Å². The number of fused-ring (bicyclic) bond motifs is 1. The van der Waals surface area contributed by atoms with Gasteiger partial charge in [-0.2, -0.15) is 0 Å². The molecule has 1 amide bonds. The van der Waals surface area contributed by atoms with Crippen molar-refractivity contribution < 1.29 is 4.79 Å². The van der Waals surface area contributed by atoms with Crippen LogP contribution in [0.15, 0.2) is 35.0 Å². The van der Waals surface area contributed by atoms with Crippen molar-refractivity contribution in [2.24, 2.45) is 0 Å². The van der Waals surface area contributed by atoms with Gasteiger partial charge in [-0.15, -0.1) is 11.3 Å². The third-order valence-electron chi connectivity index (χ3n) is 4.06. The highest BCUT2D eigenvalue weighted by molar-refractivity contribution is 7.15. The van der Waals surface area contributed by atoms with Gasteiger partial charge in [0.15, 0.2) is 4.96 Å². The van der Waals surface area contributed by atoms with Crippen molar-refractivity contribution in [3.05, 3.63) is 51.9 Å². The lowest BCUT2D eigenvalue weighted by Crippen LogP contribution is -2.31. The first-order chi connectivity index (χ1) is 11.7. The van der Waals surface area contributed by atoms with E-state index in [1.807, 2.05) is 22.2 Å². The summed E-state index contributed by atoms with van der Waals surface area (Å²) in [5.41, 5.74) is 1.57. The number of thiazole rings is 1. The second kappa shape index (κ2) is 6.20. The molecule has 7 nitrogen and oxygen atoms in total. The second-order valence-electron chi connectivity index (χ2n) is 5.97. The highest BCUT2D eigenvalue weighted by Crippen LogP contribution is 2.38. The Morgan fingerprint density at radius 1 is 1.42 bits per heavy atom. The summed E-state index contributed by atoms with van der Waals surface area (Å²) in [4.78, 5) is 33.6. The summed E-state index contributed by atoms with van der Waals surface area (Å²) in [6.07, 6.45) is 7.83. The number of imidazole rings is 1. The Morgan fingerprint density at radius 3 is 3.04 bits per heavy atom. The second-order valence-corrected chi connectivity index (χ2v) is 6.84. The van der Waals surface area contributed by atoms with Crippen LogP contribution < -0.4 is 10.9 Å². The Labute approximate surface area is 142 Å². The molecule has 24 heavy (non-hydrogen) atoms. The molecule has 0 unspecified atom stereocenters. The van der Waals surface area contributed by atoms with E-state index in [4.69, 9.17) is 0 Å². The quantitative estimate of drug-likeness (QED) is 0.729. The third-order valence-corrected chi connectivity index (χ3v) is 4.83. The first kappa shape index (κ1) is 15.1. The minimum Gasteiger partial charge on any atom is -0.354 e. The van der Waals surface area contributed by atoms with Crippen molar-refractivity contribution in [2.45, 2.75) is 31.7 Å². The Bertz CT molecular complexity index is 909. The van der Waals surface area contributed by atoms with Crippen molar-refractivity contribution in [3.63, 3.8) is 0 Å².